The molecule has 1 unspecified atom stereocenters. The summed E-state index contributed by atoms with van der Waals surface area (Å²) in [4.78, 5) is 37.3. The monoisotopic (exact) mass is 521 g/mol. The van der Waals surface area contributed by atoms with E-state index in [1.807, 2.05) is 24.3 Å². The quantitative estimate of drug-likeness (QED) is 0.346. The lowest BCUT2D eigenvalue weighted by atomic mass is 9.80. The van der Waals surface area contributed by atoms with Crippen LogP contribution in [0.2, 0.25) is 0 Å². The fraction of sp³-hybridized carbons (Fsp3) is 0.448. The maximum atomic E-state index is 13.4. The Kier molecular flexibility index (Phi) is 7.27. The van der Waals surface area contributed by atoms with E-state index in [1.165, 1.54) is 10.5 Å². The van der Waals surface area contributed by atoms with Crippen LogP contribution in [-0.4, -0.2) is 42.5 Å². The summed E-state index contributed by atoms with van der Waals surface area (Å²) in [5.41, 5.74) is 4.12. The minimum Gasteiger partial charge on any atom is -0.336 e. The van der Waals surface area contributed by atoms with E-state index in [-0.39, 0.29) is 11.9 Å². The first-order valence-corrected chi connectivity index (χ1v) is 13.3. The molecule has 2 aromatic rings. The molecule has 0 spiro atoms. The Bertz CT molecular complexity index is 1260. The van der Waals surface area contributed by atoms with Crippen LogP contribution in [0.25, 0.3) is 0 Å². The zero-order valence-corrected chi connectivity index (χ0v) is 21.8. The van der Waals surface area contributed by atoms with Crippen molar-refractivity contribution < 1.29 is 18.4 Å². The number of carbonyl (C=O) groups excluding carboxylic acids is 2. The van der Waals surface area contributed by atoms with E-state index in [9.17, 15) is 18.4 Å². The van der Waals surface area contributed by atoms with E-state index in [0.29, 0.717) is 24.6 Å². The molecule has 0 saturated heterocycles. The Balaban J connectivity index is 1.59. The Morgan fingerprint density at radius 3 is 2.58 bits per heavy atom. The van der Waals surface area contributed by atoms with Crippen LogP contribution < -0.4 is 15.1 Å². The van der Waals surface area contributed by atoms with Crippen molar-refractivity contribution in [2.24, 2.45) is 10.9 Å². The number of alkyl halides is 2. The van der Waals surface area contributed by atoms with Crippen molar-refractivity contribution in [1.82, 2.24) is 4.98 Å². The molecule has 1 N–H and O–H groups in total. The summed E-state index contributed by atoms with van der Waals surface area (Å²) >= 11 is 0. The molecule has 2 fully saturated rings. The number of aliphatic imine (C=N–C) groups is 1. The van der Waals surface area contributed by atoms with E-state index in [0.717, 1.165) is 54.8 Å². The van der Waals surface area contributed by atoms with Gasteiger partial charge in [0, 0.05) is 38.8 Å². The van der Waals surface area contributed by atoms with Gasteiger partial charge in [0.1, 0.15) is 17.9 Å². The highest BCUT2D eigenvalue weighted by atomic mass is 19.3. The maximum absolute atomic E-state index is 13.4. The van der Waals surface area contributed by atoms with Gasteiger partial charge in [-0.15, -0.1) is 0 Å². The van der Waals surface area contributed by atoms with Crippen LogP contribution in [0.1, 0.15) is 63.5 Å². The summed E-state index contributed by atoms with van der Waals surface area (Å²) in [7, 11) is 1.60. The number of fused-ring (bicyclic) bond motifs is 1. The smallest absolute Gasteiger partial charge is 0.249 e. The number of amidine groups is 1. The molecule has 2 aliphatic carbocycles. The van der Waals surface area contributed by atoms with E-state index in [2.05, 4.69) is 29.3 Å². The fourth-order valence-electron chi connectivity index (χ4n) is 5.35. The van der Waals surface area contributed by atoms with Crippen LogP contribution in [-0.2, 0) is 9.59 Å². The van der Waals surface area contributed by atoms with Crippen molar-refractivity contribution in [2.75, 3.05) is 28.7 Å². The minimum absolute atomic E-state index is 0.0505. The van der Waals surface area contributed by atoms with Gasteiger partial charge in [0.15, 0.2) is 5.82 Å². The second-order valence-corrected chi connectivity index (χ2v) is 10.2. The number of aromatic nitrogens is 1. The molecule has 9 heteroatoms. The molecule has 0 radical (unpaired) electrons. The second kappa shape index (κ2) is 10.6. The van der Waals surface area contributed by atoms with Gasteiger partial charge in [-0.1, -0.05) is 37.3 Å². The molecule has 1 aromatic heterocycles. The highest BCUT2D eigenvalue weighted by Gasteiger charge is 2.49. The highest BCUT2D eigenvalue weighted by molar-refractivity contribution is 6.15. The summed E-state index contributed by atoms with van der Waals surface area (Å²) in [6.45, 7) is 2.50. The van der Waals surface area contributed by atoms with Gasteiger partial charge in [0.2, 0.25) is 11.8 Å². The molecule has 200 valence electrons. The average molecular weight is 522 g/mol. The molecule has 5 rings (SSSR count). The number of hydrogen-bond acceptors (Lipinski definition) is 5. The molecule has 7 nitrogen and oxygen atoms in total. The van der Waals surface area contributed by atoms with Gasteiger partial charge < -0.3 is 15.0 Å². The number of carbonyl (C=O) groups is 2. The molecule has 1 amide bonds. The molecule has 2 heterocycles. The van der Waals surface area contributed by atoms with E-state index in [4.69, 9.17) is 9.98 Å². The van der Waals surface area contributed by atoms with Gasteiger partial charge in [0.05, 0.1) is 17.4 Å². The normalized spacial score (nSPS) is 20.2. The Labute approximate surface area is 221 Å². The number of benzene rings is 1. The van der Waals surface area contributed by atoms with E-state index < -0.39 is 24.7 Å². The third kappa shape index (κ3) is 4.93. The zero-order chi connectivity index (χ0) is 26.9. The first kappa shape index (κ1) is 26.0. The number of amides is 1. The van der Waals surface area contributed by atoms with Gasteiger partial charge in [-0.05, 0) is 49.0 Å². The summed E-state index contributed by atoms with van der Waals surface area (Å²) in [6, 6.07) is 13.7. The van der Waals surface area contributed by atoms with E-state index >= 15 is 0 Å². The lowest BCUT2D eigenvalue weighted by Crippen LogP contribution is -2.46. The number of anilines is 3. The number of hydrogen-bond donors (Lipinski definition) is 1. The number of rotatable bonds is 8. The van der Waals surface area contributed by atoms with Gasteiger partial charge in [0.25, 0.3) is 0 Å². The lowest BCUT2D eigenvalue weighted by Gasteiger charge is -2.42. The summed E-state index contributed by atoms with van der Waals surface area (Å²) < 4.78 is 26.9. The molecule has 1 atom stereocenters. The summed E-state index contributed by atoms with van der Waals surface area (Å²) in [5, 5.41) is 3.44. The molecule has 1 aliphatic heterocycles. The van der Waals surface area contributed by atoms with E-state index in [1.54, 1.807) is 13.1 Å². The highest BCUT2D eigenvalue weighted by Crippen LogP contribution is 2.46. The third-order valence-electron chi connectivity index (χ3n) is 7.61. The maximum Gasteiger partial charge on any atom is 0.249 e. The largest absolute Gasteiger partial charge is 0.336 e. The fourth-order valence-corrected chi connectivity index (χ4v) is 5.35. The van der Waals surface area contributed by atoms with Crippen LogP contribution in [0.3, 0.4) is 0 Å². The van der Waals surface area contributed by atoms with Crippen LogP contribution in [0.15, 0.2) is 58.7 Å². The van der Waals surface area contributed by atoms with Crippen LogP contribution in [0.4, 0.5) is 26.1 Å². The number of halogens is 2. The molecule has 2 saturated carbocycles. The Hall–Kier alpha value is -3.62. The molecule has 1 aromatic carbocycles. The molecule has 3 aliphatic rings. The summed E-state index contributed by atoms with van der Waals surface area (Å²) in [5.74, 6) is -2.00. The van der Waals surface area contributed by atoms with Crippen LogP contribution >= 0.6 is 0 Å². The number of nitrogens with one attached hydrogen (secondary N) is 1. The number of nitrogens with zero attached hydrogens (tertiary/aromatic N) is 4. The Morgan fingerprint density at radius 1 is 1.24 bits per heavy atom. The minimum atomic E-state index is -2.77. The van der Waals surface area contributed by atoms with Crippen LogP contribution in [0.5, 0.6) is 0 Å². The first-order chi connectivity index (χ1) is 18.3. The second-order valence-electron chi connectivity index (χ2n) is 10.2. The topological polar surface area (TPSA) is 77.9 Å². The molecule has 0 bridgehead atoms. The third-order valence-corrected chi connectivity index (χ3v) is 7.61. The van der Waals surface area contributed by atoms with Crippen molar-refractivity contribution in [1.29, 1.82) is 0 Å². The lowest BCUT2D eigenvalue weighted by molar-refractivity contribution is -0.147. The van der Waals surface area contributed by atoms with Gasteiger partial charge in [-0.2, -0.15) is 0 Å². The van der Waals surface area contributed by atoms with Crippen molar-refractivity contribution in [3.8, 4) is 0 Å². The summed E-state index contributed by atoms with van der Waals surface area (Å²) in [6.07, 6.45) is 4.16. The zero-order valence-electron chi connectivity index (χ0n) is 21.8. The molecule has 38 heavy (non-hydrogen) atoms. The van der Waals surface area contributed by atoms with Gasteiger partial charge in [-0.25, -0.2) is 13.8 Å². The van der Waals surface area contributed by atoms with Crippen molar-refractivity contribution in [3.63, 3.8) is 0 Å². The van der Waals surface area contributed by atoms with Gasteiger partial charge in [-0.3, -0.25) is 14.7 Å². The van der Waals surface area contributed by atoms with Crippen LogP contribution in [0, 0.1) is 5.92 Å². The molecular formula is C29H33F2N5O2. The molecular weight excluding hydrogens is 488 g/mol. The Morgan fingerprint density at radius 2 is 1.97 bits per heavy atom. The number of aldehydes is 1. The number of allylic oxidation sites excluding steroid dienone is 1. The van der Waals surface area contributed by atoms with Gasteiger partial charge >= 0.3 is 0 Å². The van der Waals surface area contributed by atoms with Crippen molar-refractivity contribution in [2.45, 2.75) is 63.8 Å². The first-order valence-electron chi connectivity index (χ1n) is 13.3. The SMILES string of the molecule is CCC(c1ccccc1)N1C(=C2CCC2)C(=NCCC=O)Nc2ccc(N(C)C(=O)C3CC(F)(F)C3)nc21. The number of pyridine rings is 1. The average Bonchev–Trinajstić information content (AvgIpc) is 2.87. The predicted molar refractivity (Wildman–Crippen MR) is 145 cm³/mol. The van der Waals surface area contributed by atoms with Crippen molar-refractivity contribution >= 4 is 35.4 Å². The standard InChI is InChI=1S/C29H33F2N5O2/c1-3-23(19-9-5-4-6-10-19)36-25(20-11-7-12-20)26(32-15-8-16-37)33-22-13-14-24(34-27(22)36)35(2)28(38)21-17-29(30,31)18-21/h4-6,9-10,13-14,16,21,23H,3,7-8,11-12,15,17-18H2,1-2H3,(H,32,33). The van der Waals surface area contributed by atoms with Crippen molar-refractivity contribution in [3.05, 3.63) is 59.3 Å². The predicted octanol–water partition coefficient (Wildman–Crippen LogP) is 5.90.